The molecule has 1 aliphatic rings. The Labute approximate surface area is 244 Å². The molecule has 212 valence electrons. The molecule has 0 unspecified atom stereocenters. The molecule has 4 aromatic rings. The van der Waals surface area contributed by atoms with Gasteiger partial charge < -0.3 is 5.32 Å². The van der Waals surface area contributed by atoms with E-state index in [9.17, 15) is 18.0 Å². The van der Waals surface area contributed by atoms with Gasteiger partial charge in [0.15, 0.2) is 0 Å². The highest BCUT2D eigenvalue weighted by Gasteiger charge is 2.33. The highest BCUT2D eigenvalue weighted by atomic mass is 32.2. The van der Waals surface area contributed by atoms with Gasteiger partial charge in [-0.05, 0) is 74.6 Å². The lowest BCUT2D eigenvalue weighted by Gasteiger charge is -2.30. The molecule has 0 atom stereocenters. The number of rotatable bonds is 7. The fraction of sp³-hybridized carbons (Fsp3) is 0.258. The van der Waals surface area contributed by atoms with Crippen LogP contribution in [0.5, 0.6) is 0 Å². The third-order valence-corrected chi connectivity index (χ3v) is 10.4. The number of hydrazone groups is 1. The summed E-state index contributed by atoms with van der Waals surface area (Å²) in [7, 11) is -3.61. The Morgan fingerprint density at radius 1 is 0.976 bits per heavy atom. The van der Waals surface area contributed by atoms with Gasteiger partial charge in [-0.3, -0.25) is 9.59 Å². The van der Waals surface area contributed by atoms with Gasteiger partial charge in [0, 0.05) is 40.2 Å². The van der Waals surface area contributed by atoms with Gasteiger partial charge in [-0.15, -0.1) is 11.3 Å². The third-order valence-electron chi connectivity index (χ3n) is 7.41. The number of piperidine rings is 1. The van der Waals surface area contributed by atoms with Crippen LogP contribution in [0.4, 0.5) is 5.69 Å². The summed E-state index contributed by atoms with van der Waals surface area (Å²) in [6.45, 7) is 6.03. The monoisotopic (exact) mass is 588 g/mol. The van der Waals surface area contributed by atoms with E-state index in [0.717, 1.165) is 21.2 Å². The zero-order valence-electron chi connectivity index (χ0n) is 23.2. The number of thiophene rings is 1. The van der Waals surface area contributed by atoms with Crippen molar-refractivity contribution in [3.05, 3.63) is 94.4 Å². The molecule has 41 heavy (non-hydrogen) atoms. The SMILES string of the molecule is C/C(=N\NC(=O)C1CCN(S(=O)(=O)c2cc(C)ccc2C)CC1)c1ccc(NC(=O)c2csc3ccccc23)cc1. The van der Waals surface area contributed by atoms with E-state index in [1.807, 2.05) is 60.8 Å². The molecule has 2 heterocycles. The molecule has 3 aromatic carbocycles. The summed E-state index contributed by atoms with van der Waals surface area (Å²) in [6, 6.07) is 20.5. The van der Waals surface area contributed by atoms with Crippen molar-refractivity contribution >= 4 is 54.7 Å². The number of amides is 2. The molecular formula is C31H32N4O4S2. The Kier molecular flexibility index (Phi) is 8.35. The van der Waals surface area contributed by atoms with Crippen molar-refractivity contribution < 1.29 is 18.0 Å². The number of aryl methyl sites for hydroxylation is 2. The first-order valence-corrected chi connectivity index (χ1v) is 15.7. The Morgan fingerprint density at radius 3 is 2.41 bits per heavy atom. The van der Waals surface area contributed by atoms with Crippen LogP contribution in [-0.4, -0.2) is 43.3 Å². The Bertz CT molecular complexity index is 1740. The second kappa shape index (κ2) is 11.9. The molecule has 2 N–H and O–H groups in total. The van der Waals surface area contributed by atoms with Crippen LogP contribution >= 0.6 is 11.3 Å². The first-order chi connectivity index (χ1) is 19.6. The van der Waals surface area contributed by atoms with Crippen LogP contribution in [0.1, 0.15) is 46.8 Å². The van der Waals surface area contributed by atoms with E-state index in [1.165, 1.54) is 15.6 Å². The van der Waals surface area contributed by atoms with Crippen LogP contribution in [0.2, 0.25) is 0 Å². The van der Waals surface area contributed by atoms with E-state index in [2.05, 4.69) is 15.8 Å². The quantitative estimate of drug-likeness (QED) is 0.213. The van der Waals surface area contributed by atoms with Gasteiger partial charge >= 0.3 is 0 Å². The molecule has 5 rings (SSSR count). The second-order valence-electron chi connectivity index (χ2n) is 10.3. The molecule has 2 amide bonds. The lowest BCUT2D eigenvalue weighted by Crippen LogP contribution is -2.42. The van der Waals surface area contributed by atoms with Crippen molar-refractivity contribution in [3.8, 4) is 0 Å². The molecule has 10 heteroatoms. The highest BCUT2D eigenvalue weighted by molar-refractivity contribution is 7.89. The Balaban J connectivity index is 1.15. The van der Waals surface area contributed by atoms with Crippen LogP contribution in [-0.2, 0) is 14.8 Å². The third kappa shape index (κ3) is 6.24. The van der Waals surface area contributed by atoms with Crippen LogP contribution in [0.25, 0.3) is 10.1 Å². The number of fused-ring (bicyclic) bond motifs is 1. The van der Waals surface area contributed by atoms with Gasteiger partial charge in [0.25, 0.3) is 5.91 Å². The summed E-state index contributed by atoms with van der Waals surface area (Å²) >= 11 is 1.54. The summed E-state index contributed by atoms with van der Waals surface area (Å²) in [5, 5.41) is 10.0. The number of anilines is 1. The van der Waals surface area contributed by atoms with E-state index in [1.54, 1.807) is 32.0 Å². The number of benzene rings is 3. The summed E-state index contributed by atoms with van der Waals surface area (Å²) in [4.78, 5) is 25.9. The number of nitrogens with one attached hydrogen (secondary N) is 2. The number of hydrogen-bond acceptors (Lipinski definition) is 6. The van der Waals surface area contributed by atoms with Crippen molar-refractivity contribution in [2.24, 2.45) is 11.0 Å². The summed E-state index contributed by atoms with van der Waals surface area (Å²) in [6.07, 6.45) is 0.858. The minimum atomic E-state index is -3.61. The first-order valence-electron chi connectivity index (χ1n) is 13.4. The van der Waals surface area contributed by atoms with Gasteiger partial charge in [0.1, 0.15) is 0 Å². The fourth-order valence-electron chi connectivity index (χ4n) is 4.92. The topological polar surface area (TPSA) is 108 Å². The lowest BCUT2D eigenvalue weighted by molar-refractivity contribution is -0.126. The molecule has 1 fully saturated rings. The van der Waals surface area contributed by atoms with Gasteiger partial charge in [0.2, 0.25) is 15.9 Å². The number of hydrogen-bond donors (Lipinski definition) is 2. The standard InChI is InChI=1S/C31H32N4O4S2/c1-20-8-9-21(2)29(18-20)41(38,39)35-16-14-24(15-17-35)30(36)34-33-22(3)23-10-12-25(13-11-23)32-31(37)27-19-40-28-7-5-4-6-26(27)28/h4-13,18-19,24H,14-17H2,1-3H3,(H,32,37)(H,34,36)/b33-22+. The normalized spacial score (nSPS) is 15.1. The van der Waals surface area contributed by atoms with Crippen molar-refractivity contribution in [3.63, 3.8) is 0 Å². The van der Waals surface area contributed by atoms with Gasteiger partial charge in [-0.25, -0.2) is 13.8 Å². The summed E-state index contributed by atoms with van der Waals surface area (Å²) < 4.78 is 28.9. The molecule has 0 aliphatic carbocycles. The second-order valence-corrected chi connectivity index (χ2v) is 13.1. The fourth-order valence-corrected chi connectivity index (χ4v) is 7.64. The molecule has 1 aliphatic heterocycles. The van der Waals surface area contributed by atoms with E-state index >= 15 is 0 Å². The number of carbonyl (C=O) groups excluding carboxylic acids is 2. The molecule has 0 radical (unpaired) electrons. The van der Waals surface area contributed by atoms with E-state index in [-0.39, 0.29) is 30.8 Å². The van der Waals surface area contributed by atoms with Crippen molar-refractivity contribution in [2.45, 2.75) is 38.5 Å². The van der Waals surface area contributed by atoms with E-state index < -0.39 is 10.0 Å². The minimum absolute atomic E-state index is 0.166. The maximum absolute atomic E-state index is 13.2. The first kappa shape index (κ1) is 28.7. The van der Waals surface area contributed by atoms with Crippen LogP contribution in [0, 0.1) is 19.8 Å². The largest absolute Gasteiger partial charge is 0.322 e. The number of nitrogens with zero attached hydrogens (tertiary/aromatic N) is 2. The number of carbonyl (C=O) groups is 2. The van der Waals surface area contributed by atoms with Gasteiger partial charge in [-0.2, -0.15) is 9.41 Å². The molecule has 1 saturated heterocycles. The van der Waals surface area contributed by atoms with Gasteiger partial charge in [-0.1, -0.05) is 42.5 Å². The Hall–Kier alpha value is -3.86. The molecule has 1 aromatic heterocycles. The van der Waals surface area contributed by atoms with Crippen LogP contribution in [0.3, 0.4) is 0 Å². The molecule has 0 saturated carbocycles. The maximum atomic E-state index is 13.2. The van der Waals surface area contributed by atoms with Crippen molar-refractivity contribution in [1.29, 1.82) is 0 Å². The minimum Gasteiger partial charge on any atom is -0.322 e. The highest BCUT2D eigenvalue weighted by Crippen LogP contribution is 2.28. The summed E-state index contributed by atoms with van der Waals surface area (Å²) in [5.41, 5.74) is 6.98. The predicted octanol–water partition coefficient (Wildman–Crippen LogP) is 5.71. The van der Waals surface area contributed by atoms with Crippen molar-refractivity contribution in [2.75, 3.05) is 18.4 Å². The predicted molar refractivity (Wildman–Crippen MR) is 164 cm³/mol. The molecular weight excluding hydrogens is 556 g/mol. The number of sulfonamides is 1. The zero-order chi connectivity index (χ0) is 29.1. The maximum Gasteiger partial charge on any atom is 0.257 e. The zero-order valence-corrected chi connectivity index (χ0v) is 24.8. The van der Waals surface area contributed by atoms with Crippen LogP contribution < -0.4 is 10.7 Å². The van der Waals surface area contributed by atoms with Crippen LogP contribution in [0.15, 0.2) is 82.1 Å². The summed E-state index contributed by atoms with van der Waals surface area (Å²) in [5.74, 6) is -0.705. The van der Waals surface area contributed by atoms with Crippen molar-refractivity contribution in [1.82, 2.24) is 9.73 Å². The molecule has 8 nitrogen and oxygen atoms in total. The smallest absolute Gasteiger partial charge is 0.257 e. The molecule has 0 bridgehead atoms. The average molecular weight is 589 g/mol. The van der Waals surface area contributed by atoms with E-state index in [0.29, 0.717) is 40.3 Å². The lowest BCUT2D eigenvalue weighted by atomic mass is 9.98. The van der Waals surface area contributed by atoms with Gasteiger partial charge in [0.05, 0.1) is 16.2 Å². The Morgan fingerprint density at radius 2 is 1.68 bits per heavy atom. The van der Waals surface area contributed by atoms with E-state index in [4.69, 9.17) is 0 Å². The molecule has 0 spiro atoms. The average Bonchev–Trinajstić information content (AvgIpc) is 3.42.